The summed E-state index contributed by atoms with van der Waals surface area (Å²) in [5, 5.41) is 3.20. The molecule has 0 aliphatic carbocycles. The van der Waals surface area contributed by atoms with Crippen LogP contribution < -0.4 is 14.8 Å². The van der Waals surface area contributed by atoms with Crippen LogP contribution in [0, 0.1) is 5.82 Å². The van der Waals surface area contributed by atoms with E-state index < -0.39 is 6.61 Å². The van der Waals surface area contributed by atoms with Gasteiger partial charge in [0.2, 0.25) is 0 Å². The molecule has 0 radical (unpaired) electrons. The minimum absolute atomic E-state index is 0.00241. The minimum atomic E-state index is -2.92. The van der Waals surface area contributed by atoms with Gasteiger partial charge in [-0.05, 0) is 41.8 Å². The molecule has 5 nitrogen and oxygen atoms in total. The van der Waals surface area contributed by atoms with Crippen molar-refractivity contribution in [2.24, 2.45) is 4.99 Å². The minimum Gasteiger partial charge on any atom is -0.493 e. The average Bonchev–Trinajstić information content (AvgIpc) is 2.65. The highest BCUT2D eigenvalue weighted by atomic mass is 19.3. The van der Waals surface area contributed by atoms with Crippen molar-refractivity contribution in [1.82, 2.24) is 10.2 Å². The van der Waals surface area contributed by atoms with Crippen LogP contribution in [0.5, 0.6) is 11.5 Å². The highest BCUT2D eigenvalue weighted by molar-refractivity contribution is 5.79. The molecule has 0 fully saturated rings. The highest BCUT2D eigenvalue weighted by Gasteiger charge is 2.12. The van der Waals surface area contributed by atoms with Crippen LogP contribution >= 0.6 is 0 Å². The SMILES string of the molecule is CN=C(NCCc1ccc(OC)c(OC(F)F)c1)N(C)Cc1cccc(F)c1. The van der Waals surface area contributed by atoms with Gasteiger partial charge >= 0.3 is 6.61 Å². The molecule has 0 aromatic heterocycles. The summed E-state index contributed by atoms with van der Waals surface area (Å²) in [5.74, 6) is 0.613. The first-order chi connectivity index (χ1) is 13.4. The van der Waals surface area contributed by atoms with Gasteiger partial charge in [0.25, 0.3) is 0 Å². The molecule has 0 bridgehead atoms. The van der Waals surface area contributed by atoms with Gasteiger partial charge in [0.15, 0.2) is 17.5 Å². The van der Waals surface area contributed by atoms with Crippen LogP contribution in [0.3, 0.4) is 0 Å². The summed E-state index contributed by atoms with van der Waals surface area (Å²) in [7, 11) is 4.90. The van der Waals surface area contributed by atoms with Crippen LogP contribution in [0.4, 0.5) is 13.2 Å². The number of guanidine groups is 1. The van der Waals surface area contributed by atoms with E-state index in [0.29, 0.717) is 25.5 Å². The molecule has 28 heavy (non-hydrogen) atoms. The lowest BCUT2D eigenvalue weighted by atomic mass is 10.1. The second-order valence-corrected chi connectivity index (χ2v) is 6.07. The number of alkyl halides is 2. The number of nitrogens with one attached hydrogen (secondary N) is 1. The molecule has 0 atom stereocenters. The van der Waals surface area contributed by atoms with E-state index >= 15 is 0 Å². The standard InChI is InChI=1S/C20H24F3N3O2/c1-24-20(26(2)13-15-5-4-6-16(21)11-15)25-10-9-14-7-8-17(27-3)18(12-14)28-19(22)23/h4-8,11-12,19H,9-10,13H2,1-3H3,(H,24,25). The zero-order valence-corrected chi connectivity index (χ0v) is 16.1. The van der Waals surface area contributed by atoms with Gasteiger partial charge in [-0.3, -0.25) is 4.99 Å². The molecule has 2 aromatic carbocycles. The van der Waals surface area contributed by atoms with E-state index in [1.54, 1.807) is 25.2 Å². The zero-order valence-electron chi connectivity index (χ0n) is 16.1. The number of nitrogens with zero attached hydrogens (tertiary/aromatic N) is 2. The Labute approximate surface area is 162 Å². The van der Waals surface area contributed by atoms with Crippen molar-refractivity contribution in [2.45, 2.75) is 19.6 Å². The number of rotatable bonds is 8. The smallest absolute Gasteiger partial charge is 0.387 e. The third-order valence-corrected chi connectivity index (χ3v) is 4.02. The number of hydrogen-bond acceptors (Lipinski definition) is 3. The monoisotopic (exact) mass is 395 g/mol. The van der Waals surface area contributed by atoms with E-state index in [2.05, 4.69) is 15.0 Å². The summed E-state index contributed by atoms with van der Waals surface area (Å²) >= 11 is 0. The quantitative estimate of drug-likeness (QED) is 0.547. The van der Waals surface area contributed by atoms with Crippen molar-refractivity contribution < 1.29 is 22.6 Å². The maximum Gasteiger partial charge on any atom is 0.387 e. The van der Waals surface area contributed by atoms with Gasteiger partial charge in [-0.1, -0.05) is 18.2 Å². The maximum atomic E-state index is 13.3. The Balaban J connectivity index is 1.93. The molecule has 0 amide bonds. The lowest BCUT2D eigenvalue weighted by Crippen LogP contribution is -2.39. The fourth-order valence-corrected chi connectivity index (χ4v) is 2.75. The molecule has 2 rings (SSSR count). The Kier molecular flexibility index (Phi) is 7.98. The van der Waals surface area contributed by atoms with E-state index in [9.17, 15) is 13.2 Å². The van der Waals surface area contributed by atoms with Crippen LogP contribution in [0.25, 0.3) is 0 Å². The number of methoxy groups -OCH3 is 1. The summed E-state index contributed by atoms with van der Waals surface area (Å²) < 4.78 is 47.9. The first-order valence-electron chi connectivity index (χ1n) is 8.71. The third kappa shape index (κ3) is 6.37. The van der Waals surface area contributed by atoms with Gasteiger partial charge in [-0.2, -0.15) is 8.78 Å². The lowest BCUT2D eigenvalue weighted by molar-refractivity contribution is -0.0512. The summed E-state index contributed by atoms with van der Waals surface area (Å²) in [5.41, 5.74) is 1.64. The maximum absolute atomic E-state index is 13.3. The second-order valence-electron chi connectivity index (χ2n) is 6.07. The van der Waals surface area contributed by atoms with Gasteiger partial charge in [0, 0.05) is 27.2 Å². The van der Waals surface area contributed by atoms with Gasteiger partial charge in [0.05, 0.1) is 7.11 Å². The first kappa shape index (κ1) is 21.4. The van der Waals surface area contributed by atoms with Crippen molar-refractivity contribution in [1.29, 1.82) is 0 Å². The van der Waals surface area contributed by atoms with Crippen molar-refractivity contribution in [3.63, 3.8) is 0 Å². The largest absolute Gasteiger partial charge is 0.493 e. The molecule has 152 valence electrons. The fraction of sp³-hybridized carbons (Fsp3) is 0.350. The van der Waals surface area contributed by atoms with E-state index in [-0.39, 0.29) is 17.3 Å². The Morgan fingerprint density at radius 2 is 1.93 bits per heavy atom. The third-order valence-electron chi connectivity index (χ3n) is 4.02. The van der Waals surface area contributed by atoms with Gasteiger partial charge in [0.1, 0.15) is 5.82 Å². The molecule has 0 spiro atoms. The van der Waals surface area contributed by atoms with E-state index in [4.69, 9.17) is 4.74 Å². The molecule has 8 heteroatoms. The normalized spacial score (nSPS) is 11.5. The van der Waals surface area contributed by atoms with Crippen molar-refractivity contribution in [3.05, 3.63) is 59.4 Å². The summed E-state index contributed by atoms with van der Waals surface area (Å²) in [6.07, 6.45) is 0.566. The molecule has 0 aliphatic heterocycles. The molecule has 0 unspecified atom stereocenters. The fourth-order valence-electron chi connectivity index (χ4n) is 2.75. The zero-order chi connectivity index (χ0) is 20.5. The van der Waals surface area contributed by atoms with Crippen LogP contribution in [-0.4, -0.2) is 45.2 Å². The number of hydrogen-bond donors (Lipinski definition) is 1. The van der Waals surface area contributed by atoms with E-state index in [1.165, 1.54) is 25.3 Å². The number of ether oxygens (including phenoxy) is 2. The highest BCUT2D eigenvalue weighted by Crippen LogP contribution is 2.29. The van der Waals surface area contributed by atoms with Gasteiger partial charge in [-0.15, -0.1) is 0 Å². The molecular formula is C20H24F3N3O2. The predicted molar refractivity (Wildman–Crippen MR) is 103 cm³/mol. The molecule has 0 saturated carbocycles. The molecule has 0 saturated heterocycles. The van der Waals surface area contributed by atoms with Crippen LogP contribution in [0.2, 0.25) is 0 Å². The predicted octanol–water partition coefficient (Wildman–Crippen LogP) is 3.69. The van der Waals surface area contributed by atoms with E-state index in [0.717, 1.165) is 11.1 Å². The van der Waals surface area contributed by atoms with Gasteiger partial charge in [-0.25, -0.2) is 4.39 Å². The number of benzene rings is 2. The Hall–Kier alpha value is -2.90. The Bertz CT molecular complexity index is 800. The molecular weight excluding hydrogens is 371 g/mol. The van der Waals surface area contributed by atoms with Crippen LogP contribution in [0.15, 0.2) is 47.5 Å². The summed E-state index contributed by atoms with van der Waals surface area (Å²) in [6, 6.07) is 11.3. The Morgan fingerprint density at radius 1 is 1.14 bits per heavy atom. The van der Waals surface area contributed by atoms with E-state index in [1.807, 2.05) is 18.0 Å². The molecule has 1 N–H and O–H groups in total. The van der Waals surface area contributed by atoms with Crippen molar-refractivity contribution >= 4 is 5.96 Å². The van der Waals surface area contributed by atoms with Crippen LogP contribution in [-0.2, 0) is 13.0 Å². The summed E-state index contributed by atoms with van der Waals surface area (Å²) in [6.45, 7) is -1.90. The first-order valence-corrected chi connectivity index (χ1v) is 8.71. The van der Waals surface area contributed by atoms with Crippen molar-refractivity contribution in [3.8, 4) is 11.5 Å². The number of aliphatic imine (C=N–C) groups is 1. The van der Waals surface area contributed by atoms with Crippen LogP contribution in [0.1, 0.15) is 11.1 Å². The topological polar surface area (TPSA) is 46.1 Å². The lowest BCUT2D eigenvalue weighted by Gasteiger charge is -2.22. The number of halogens is 3. The Morgan fingerprint density at radius 3 is 2.57 bits per heavy atom. The van der Waals surface area contributed by atoms with Crippen molar-refractivity contribution in [2.75, 3.05) is 27.7 Å². The summed E-state index contributed by atoms with van der Waals surface area (Å²) in [4.78, 5) is 6.09. The molecule has 0 aliphatic rings. The molecule has 2 aromatic rings. The molecule has 0 heterocycles. The average molecular weight is 395 g/mol. The van der Waals surface area contributed by atoms with Gasteiger partial charge < -0.3 is 19.7 Å². The second kappa shape index (κ2) is 10.4.